The van der Waals surface area contributed by atoms with E-state index in [4.69, 9.17) is 0 Å². The zero-order valence-corrected chi connectivity index (χ0v) is 12.8. The lowest BCUT2D eigenvalue weighted by atomic mass is 10.4. The fourth-order valence-electron chi connectivity index (χ4n) is 1.75. The number of sulfonamides is 1. The summed E-state index contributed by atoms with van der Waals surface area (Å²) >= 11 is 4.66. The number of thiophene rings is 1. The molecule has 1 N–H and O–H groups in total. The summed E-state index contributed by atoms with van der Waals surface area (Å²) in [6.07, 6.45) is 0.866. The predicted molar refractivity (Wildman–Crippen MR) is 73.0 cm³/mol. The lowest BCUT2D eigenvalue weighted by molar-refractivity contribution is 0.433. The maximum atomic E-state index is 12.4. The second-order valence-corrected chi connectivity index (χ2v) is 8.56. The number of hydrogen-bond acceptors (Lipinski definition) is 4. The van der Waals surface area contributed by atoms with E-state index in [0.717, 1.165) is 28.9 Å². The zero-order chi connectivity index (χ0) is 12.5. The van der Waals surface area contributed by atoms with Gasteiger partial charge in [-0.1, -0.05) is 0 Å². The Balaban J connectivity index is 2.28. The van der Waals surface area contributed by atoms with Gasteiger partial charge in [0.15, 0.2) is 0 Å². The number of halogens is 1. The van der Waals surface area contributed by atoms with Gasteiger partial charge in [0.2, 0.25) is 0 Å². The lowest BCUT2D eigenvalue weighted by Crippen LogP contribution is -2.33. The molecule has 0 unspecified atom stereocenters. The quantitative estimate of drug-likeness (QED) is 0.894. The van der Waals surface area contributed by atoms with E-state index in [1.165, 1.54) is 11.3 Å². The third-order valence-electron chi connectivity index (χ3n) is 2.73. The van der Waals surface area contributed by atoms with E-state index < -0.39 is 10.0 Å². The summed E-state index contributed by atoms with van der Waals surface area (Å²) < 4.78 is 27.7. The average Bonchev–Trinajstić information content (AvgIpc) is 2.54. The molecule has 7 heteroatoms. The highest BCUT2D eigenvalue weighted by molar-refractivity contribution is 9.11. The van der Waals surface area contributed by atoms with Crippen LogP contribution in [0, 0.1) is 6.92 Å². The fraction of sp³-hybridized carbons (Fsp3) is 0.600. The highest BCUT2D eigenvalue weighted by atomic mass is 79.9. The van der Waals surface area contributed by atoms with Crippen LogP contribution < -0.4 is 5.32 Å². The Morgan fingerprint density at radius 2 is 2.18 bits per heavy atom. The minimum Gasteiger partial charge on any atom is -0.315 e. The van der Waals surface area contributed by atoms with Gasteiger partial charge in [-0.15, -0.1) is 11.3 Å². The minimum absolute atomic E-state index is 0.434. The van der Waals surface area contributed by atoms with Crippen LogP contribution in [0.25, 0.3) is 0 Å². The molecule has 2 heterocycles. The molecule has 0 saturated carbocycles. The smallest absolute Gasteiger partial charge is 0.252 e. The Bertz CT molecular complexity index is 471. The van der Waals surface area contributed by atoms with Crippen LogP contribution in [0.15, 0.2) is 14.1 Å². The molecular weight excluding hydrogens is 324 g/mol. The highest BCUT2D eigenvalue weighted by Crippen LogP contribution is 2.32. The molecule has 2 rings (SSSR count). The first-order chi connectivity index (χ1) is 8.01. The minimum atomic E-state index is -3.31. The van der Waals surface area contributed by atoms with Crippen molar-refractivity contribution in [3.8, 4) is 0 Å². The zero-order valence-electron chi connectivity index (χ0n) is 9.57. The summed E-state index contributed by atoms with van der Waals surface area (Å²) in [7, 11) is -3.31. The normalized spacial score (nSPS) is 19.2. The molecule has 0 radical (unpaired) electrons. The van der Waals surface area contributed by atoms with Crippen molar-refractivity contribution < 1.29 is 8.42 Å². The molecule has 96 valence electrons. The Hall–Kier alpha value is 0.0500. The molecule has 0 bridgehead atoms. The van der Waals surface area contributed by atoms with Gasteiger partial charge in [0, 0.05) is 19.6 Å². The van der Waals surface area contributed by atoms with E-state index in [1.54, 1.807) is 10.4 Å². The van der Waals surface area contributed by atoms with Crippen molar-refractivity contribution in [3.05, 3.63) is 15.4 Å². The van der Waals surface area contributed by atoms with E-state index in [1.807, 2.05) is 6.92 Å². The van der Waals surface area contributed by atoms with Crippen LogP contribution in [0.3, 0.4) is 0 Å². The van der Waals surface area contributed by atoms with E-state index in [9.17, 15) is 8.42 Å². The van der Waals surface area contributed by atoms with Gasteiger partial charge in [-0.05, 0) is 47.4 Å². The SMILES string of the molecule is Cc1cc(S(=O)(=O)N2CCCNCC2)sc1Br. The van der Waals surface area contributed by atoms with Crippen molar-refractivity contribution in [2.45, 2.75) is 17.6 Å². The largest absolute Gasteiger partial charge is 0.315 e. The molecule has 1 saturated heterocycles. The Labute approximate surface area is 114 Å². The molecular formula is C10H15BrN2O2S2. The molecule has 1 aromatic rings. The second-order valence-electron chi connectivity index (χ2n) is 4.03. The molecule has 0 aliphatic carbocycles. The van der Waals surface area contributed by atoms with Crippen molar-refractivity contribution >= 4 is 37.3 Å². The van der Waals surface area contributed by atoms with Gasteiger partial charge in [-0.25, -0.2) is 8.42 Å². The standard InChI is InChI=1S/C10H15BrN2O2S2/c1-8-7-9(16-10(8)11)17(14,15)13-5-2-3-12-4-6-13/h7,12H,2-6H2,1H3. The molecule has 17 heavy (non-hydrogen) atoms. The maximum Gasteiger partial charge on any atom is 0.252 e. The number of nitrogens with one attached hydrogen (secondary N) is 1. The molecule has 0 aromatic carbocycles. The molecule has 0 spiro atoms. The van der Waals surface area contributed by atoms with Crippen LogP contribution in [0.4, 0.5) is 0 Å². The van der Waals surface area contributed by atoms with Crippen LogP contribution in [-0.4, -0.2) is 38.9 Å². The van der Waals surface area contributed by atoms with Gasteiger partial charge in [0.05, 0.1) is 3.79 Å². The van der Waals surface area contributed by atoms with Gasteiger partial charge >= 0.3 is 0 Å². The molecule has 0 amide bonds. The third-order valence-corrected chi connectivity index (χ3v) is 7.21. The van der Waals surface area contributed by atoms with Crippen LogP contribution in [0.1, 0.15) is 12.0 Å². The van der Waals surface area contributed by atoms with E-state index in [0.29, 0.717) is 17.3 Å². The Morgan fingerprint density at radius 3 is 2.82 bits per heavy atom. The van der Waals surface area contributed by atoms with Crippen molar-refractivity contribution in [3.63, 3.8) is 0 Å². The Morgan fingerprint density at radius 1 is 1.41 bits per heavy atom. The van der Waals surface area contributed by atoms with Crippen LogP contribution in [-0.2, 0) is 10.0 Å². The second kappa shape index (κ2) is 5.36. The molecule has 1 fully saturated rings. The van der Waals surface area contributed by atoms with Crippen LogP contribution in [0.2, 0.25) is 0 Å². The van der Waals surface area contributed by atoms with E-state index >= 15 is 0 Å². The average molecular weight is 339 g/mol. The van der Waals surface area contributed by atoms with Gasteiger partial charge in [-0.2, -0.15) is 4.31 Å². The van der Waals surface area contributed by atoms with Gasteiger partial charge in [0.1, 0.15) is 4.21 Å². The number of rotatable bonds is 2. The first-order valence-electron chi connectivity index (χ1n) is 5.48. The van der Waals surface area contributed by atoms with Crippen molar-refractivity contribution in [1.29, 1.82) is 0 Å². The first-order valence-corrected chi connectivity index (χ1v) is 8.53. The van der Waals surface area contributed by atoms with Gasteiger partial charge < -0.3 is 5.32 Å². The monoisotopic (exact) mass is 338 g/mol. The summed E-state index contributed by atoms with van der Waals surface area (Å²) in [6, 6.07) is 1.74. The number of aryl methyl sites for hydroxylation is 1. The van der Waals surface area contributed by atoms with Crippen LogP contribution in [0.5, 0.6) is 0 Å². The number of hydrogen-bond donors (Lipinski definition) is 1. The predicted octanol–water partition coefficient (Wildman–Crippen LogP) is 1.80. The molecule has 1 aliphatic heterocycles. The summed E-state index contributed by atoms with van der Waals surface area (Å²) in [5, 5.41) is 3.21. The molecule has 0 atom stereocenters. The van der Waals surface area contributed by atoms with Crippen molar-refractivity contribution in [2.24, 2.45) is 0 Å². The van der Waals surface area contributed by atoms with Gasteiger partial charge in [0.25, 0.3) is 10.0 Å². The van der Waals surface area contributed by atoms with Gasteiger partial charge in [-0.3, -0.25) is 0 Å². The summed E-state index contributed by atoms with van der Waals surface area (Å²) in [5.41, 5.74) is 0.974. The number of nitrogens with zero attached hydrogens (tertiary/aromatic N) is 1. The van der Waals surface area contributed by atoms with E-state index in [-0.39, 0.29) is 0 Å². The maximum absolute atomic E-state index is 12.4. The summed E-state index contributed by atoms with van der Waals surface area (Å²) in [4.78, 5) is 0. The highest BCUT2D eigenvalue weighted by Gasteiger charge is 2.27. The Kier molecular flexibility index (Phi) is 4.25. The fourth-order valence-corrected chi connectivity index (χ4v) is 5.61. The summed E-state index contributed by atoms with van der Waals surface area (Å²) in [6.45, 7) is 4.67. The topological polar surface area (TPSA) is 49.4 Å². The van der Waals surface area contributed by atoms with E-state index in [2.05, 4.69) is 21.2 Å². The summed E-state index contributed by atoms with van der Waals surface area (Å²) in [5.74, 6) is 0. The molecule has 4 nitrogen and oxygen atoms in total. The molecule has 1 aromatic heterocycles. The van der Waals surface area contributed by atoms with Crippen molar-refractivity contribution in [1.82, 2.24) is 9.62 Å². The van der Waals surface area contributed by atoms with Crippen molar-refractivity contribution in [2.75, 3.05) is 26.2 Å². The lowest BCUT2D eigenvalue weighted by Gasteiger charge is -2.18. The van der Waals surface area contributed by atoms with Crippen LogP contribution >= 0.6 is 27.3 Å². The molecule has 1 aliphatic rings. The third kappa shape index (κ3) is 2.90. The first kappa shape index (κ1) is 13.5.